The number of ether oxygens (including phenoxy) is 6. The minimum absolute atomic E-state index is 0.227. The van der Waals surface area contributed by atoms with Crippen LogP contribution < -0.4 is 10.6 Å². The summed E-state index contributed by atoms with van der Waals surface area (Å²) in [5.74, 6) is -6.09. The monoisotopic (exact) mass is 1450 g/mol. The van der Waals surface area contributed by atoms with Gasteiger partial charge in [0.15, 0.2) is 12.6 Å². The molecule has 0 aliphatic carbocycles. The molecule has 594 valence electrons. The smallest absolute Gasteiger partial charge is 0.364 e. The number of carbonyl (C=O) groups is 3. The molecule has 3 saturated heterocycles. The molecule has 0 saturated carbocycles. The first-order valence-electron chi connectivity index (χ1n) is 40.5. The molecule has 0 radical (unpaired) electrons. The zero-order valence-electron chi connectivity index (χ0n) is 62.8. The lowest BCUT2D eigenvalue weighted by Gasteiger charge is -2.50. The van der Waals surface area contributed by atoms with Gasteiger partial charge in [0.05, 0.1) is 50.7 Å². The molecule has 3 heterocycles. The number of rotatable bonds is 64. The molecule has 3 fully saturated rings. The van der Waals surface area contributed by atoms with Crippen molar-refractivity contribution in [3.8, 4) is 0 Å². The van der Waals surface area contributed by atoms with E-state index in [1.807, 2.05) is 0 Å². The van der Waals surface area contributed by atoms with Gasteiger partial charge in [0, 0.05) is 19.8 Å². The average Bonchev–Trinajstić information content (AvgIpc) is 0.755. The molecule has 18 atom stereocenters. The second-order valence-corrected chi connectivity index (χ2v) is 29.6. The molecule has 0 spiro atoms. The van der Waals surface area contributed by atoms with Crippen LogP contribution in [0.4, 0.5) is 0 Å². The van der Waals surface area contributed by atoms with Crippen LogP contribution in [-0.2, 0) is 42.8 Å². The Morgan fingerprint density at radius 2 is 0.921 bits per heavy atom. The fraction of sp³-hybridized carbons (Fsp3) is 0.936. The summed E-state index contributed by atoms with van der Waals surface area (Å²) in [6, 6.07) is -2.53. The van der Waals surface area contributed by atoms with Gasteiger partial charge in [0.2, 0.25) is 11.8 Å². The van der Waals surface area contributed by atoms with E-state index in [2.05, 4.69) is 36.6 Å². The summed E-state index contributed by atoms with van der Waals surface area (Å²) in [5.41, 5.74) is 0. The van der Waals surface area contributed by atoms with Crippen molar-refractivity contribution in [2.45, 2.75) is 439 Å². The van der Waals surface area contributed by atoms with Crippen LogP contribution in [-0.4, -0.2) is 215 Å². The number of carboxylic acid groups (broad SMARTS) is 1. The summed E-state index contributed by atoms with van der Waals surface area (Å²) >= 11 is 0. The summed E-state index contributed by atoms with van der Waals surface area (Å²) in [6.07, 6.45) is 32.5. The number of carbonyl (C=O) groups excluding carboxylic acids is 2. The van der Waals surface area contributed by atoms with E-state index in [4.69, 9.17) is 28.4 Å². The van der Waals surface area contributed by atoms with Crippen LogP contribution in [0.2, 0.25) is 0 Å². The van der Waals surface area contributed by atoms with Gasteiger partial charge < -0.3 is 100 Å². The molecule has 0 aromatic rings. The second kappa shape index (κ2) is 57.6. The summed E-state index contributed by atoms with van der Waals surface area (Å²) in [5, 5.41) is 136. The van der Waals surface area contributed by atoms with Gasteiger partial charge in [-0.1, -0.05) is 283 Å². The highest BCUT2D eigenvalue weighted by Crippen LogP contribution is 2.39. The lowest BCUT2D eigenvalue weighted by molar-refractivity contribution is -0.386. The molecule has 101 heavy (non-hydrogen) atoms. The van der Waals surface area contributed by atoms with Crippen LogP contribution in [0.5, 0.6) is 0 Å². The topological polar surface area (TPSA) is 373 Å². The number of amides is 2. The van der Waals surface area contributed by atoms with Gasteiger partial charge in [-0.05, 0) is 38.5 Å². The largest absolute Gasteiger partial charge is 0.477 e. The third-order valence-electron chi connectivity index (χ3n) is 20.7. The Bertz CT molecular complexity index is 2070. The number of aliphatic carboxylic acids is 1. The number of allylic oxidation sites excluding steroid dienone is 2. The first kappa shape index (κ1) is 92.7. The summed E-state index contributed by atoms with van der Waals surface area (Å²) < 4.78 is 34.9. The molecule has 3 rings (SSSR count). The van der Waals surface area contributed by atoms with Gasteiger partial charge in [0.1, 0.15) is 67.1 Å². The Balaban J connectivity index is 1.41. The number of hydrogen-bond donors (Lipinski definition) is 14. The SMILES string of the molecule is CCCCCCCCCCCCCCCC/C=C\CCCCCCCCCCCCCCCCCCCC(=O)NC(COC1OC(CO)C(OC2OC(CO)C(O)C(OC3(C(=O)O)CC(O)C(NC(C)=O)C(C(O)C(O)CO)O3)C2O)C(O)C1O)C(O)CCCCCCCCCCCCCC. The van der Waals surface area contributed by atoms with Crippen LogP contribution >= 0.6 is 0 Å². The zero-order chi connectivity index (χ0) is 73.9. The van der Waals surface area contributed by atoms with Crippen LogP contribution in [0, 0.1) is 0 Å². The maximum atomic E-state index is 13.5. The third-order valence-corrected chi connectivity index (χ3v) is 20.7. The average molecular weight is 1450 g/mol. The highest BCUT2D eigenvalue weighted by Gasteiger charge is 2.60. The Morgan fingerprint density at radius 3 is 1.34 bits per heavy atom. The molecule has 23 heteroatoms. The number of hydrogen-bond acceptors (Lipinski definition) is 20. The highest BCUT2D eigenvalue weighted by atomic mass is 16.8. The van der Waals surface area contributed by atoms with Gasteiger partial charge in [-0.3, -0.25) is 9.59 Å². The van der Waals surface area contributed by atoms with E-state index >= 15 is 0 Å². The summed E-state index contributed by atoms with van der Waals surface area (Å²) in [4.78, 5) is 38.6. The molecule has 14 N–H and O–H groups in total. The van der Waals surface area contributed by atoms with Gasteiger partial charge >= 0.3 is 5.97 Å². The third kappa shape index (κ3) is 38.2. The number of carboxylic acids is 1. The van der Waals surface area contributed by atoms with Gasteiger partial charge in [0.25, 0.3) is 5.79 Å². The van der Waals surface area contributed by atoms with Gasteiger partial charge in [-0.2, -0.15) is 0 Å². The van der Waals surface area contributed by atoms with Crippen LogP contribution in [0.1, 0.15) is 329 Å². The number of aliphatic hydroxyl groups is 11. The molecule has 3 aliphatic rings. The minimum atomic E-state index is -3.08. The van der Waals surface area contributed by atoms with Crippen molar-refractivity contribution < 1.29 is 104 Å². The Labute approximate surface area is 607 Å². The van der Waals surface area contributed by atoms with Crippen molar-refractivity contribution in [1.29, 1.82) is 0 Å². The van der Waals surface area contributed by atoms with Crippen LogP contribution in [0.3, 0.4) is 0 Å². The van der Waals surface area contributed by atoms with Crippen molar-refractivity contribution >= 4 is 17.8 Å². The molecular weight excluding hydrogens is 1300 g/mol. The maximum absolute atomic E-state index is 13.5. The first-order valence-corrected chi connectivity index (χ1v) is 40.5. The van der Waals surface area contributed by atoms with E-state index in [9.17, 15) is 75.7 Å². The zero-order valence-corrected chi connectivity index (χ0v) is 62.8. The Kier molecular flexibility index (Phi) is 52.9. The van der Waals surface area contributed by atoms with E-state index in [1.165, 1.54) is 225 Å². The normalized spacial score (nSPS) is 26.8. The lowest BCUT2D eigenvalue weighted by atomic mass is 9.88. The summed E-state index contributed by atoms with van der Waals surface area (Å²) in [7, 11) is 0. The molecule has 3 aliphatic heterocycles. The van der Waals surface area contributed by atoms with Gasteiger partial charge in [-0.15, -0.1) is 0 Å². The lowest BCUT2D eigenvalue weighted by Crippen LogP contribution is -2.70. The van der Waals surface area contributed by atoms with Crippen LogP contribution in [0.15, 0.2) is 12.2 Å². The quantitative estimate of drug-likeness (QED) is 0.0199. The maximum Gasteiger partial charge on any atom is 0.364 e. The molecule has 0 aromatic heterocycles. The molecule has 23 nitrogen and oxygen atoms in total. The Morgan fingerprint density at radius 1 is 0.505 bits per heavy atom. The van der Waals surface area contributed by atoms with Crippen molar-refractivity contribution in [3.63, 3.8) is 0 Å². The number of unbranched alkanes of at least 4 members (excludes halogenated alkanes) is 42. The predicted octanol–water partition coefficient (Wildman–Crippen LogP) is 10.6. The van der Waals surface area contributed by atoms with E-state index in [0.717, 1.165) is 58.3 Å². The van der Waals surface area contributed by atoms with Crippen molar-refractivity contribution in [3.05, 3.63) is 12.2 Å². The predicted molar refractivity (Wildman–Crippen MR) is 389 cm³/mol. The summed E-state index contributed by atoms with van der Waals surface area (Å²) in [6.45, 7) is 2.23. The van der Waals surface area contributed by atoms with E-state index < -0.39 is 148 Å². The van der Waals surface area contributed by atoms with E-state index in [1.54, 1.807) is 0 Å². The fourth-order valence-electron chi connectivity index (χ4n) is 14.3. The van der Waals surface area contributed by atoms with Crippen LogP contribution in [0.25, 0.3) is 0 Å². The number of aliphatic hydroxyl groups excluding tert-OH is 11. The fourth-order valence-corrected chi connectivity index (χ4v) is 14.3. The van der Waals surface area contributed by atoms with Crippen molar-refractivity contribution in [2.24, 2.45) is 0 Å². The van der Waals surface area contributed by atoms with Gasteiger partial charge in [-0.25, -0.2) is 4.79 Å². The molecule has 0 bridgehead atoms. The Hall–Kier alpha value is -2.53. The molecular formula is C78H146N2O21. The standard InChI is InChI=1S/C78H146N2O21/c1-4-6-8-10-12-14-16-18-19-20-21-22-23-24-25-26-27-28-29-30-31-32-33-34-35-36-37-38-39-40-42-44-46-48-50-52-65(88)80-59(60(85)51-49-47-45-43-41-17-15-13-11-9-7-5-2)57-96-75-70(92)69(91)72(64(56-83)98-75)99-76-71(93)74(68(90)63(55-82)97-76)101-78(77(94)95)53-61(86)66(79-58(3)84)73(100-78)67(89)62(87)54-81/h26-27,59-64,66-76,81-83,85-87,89-93H,4-25,28-57H2,1-3H3,(H,79,84)(H,80,88)(H,94,95)/b27-26-. The highest BCUT2D eigenvalue weighted by molar-refractivity contribution is 5.77. The molecule has 18 unspecified atom stereocenters. The second-order valence-electron chi connectivity index (χ2n) is 29.6. The van der Waals surface area contributed by atoms with Crippen molar-refractivity contribution in [2.75, 3.05) is 26.4 Å². The molecule has 0 aromatic carbocycles. The molecule has 2 amide bonds. The van der Waals surface area contributed by atoms with E-state index in [-0.39, 0.29) is 18.9 Å². The van der Waals surface area contributed by atoms with E-state index in [0.29, 0.717) is 19.3 Å². The minimum Gasteiger partial charge on any atom is -0.477 e. The first-order chi connectivity index (χ1) is 48.9. The van der Waals surface area contributed by atoms with Crippen molar-refractivity contribution in [1.82, 2.24) is 10.6 Å². The number of nitrogens with one attached hydrogen (secondary N) is 2.